The number of nitrogens with zero attached hydrogens (tertiary/aromatic N) is 2. The second-order valence-corrected chi connectivity index (χ2v) is 5.41. The van der Waals surface area contributed by atoms with Gasteiger partial charge < -0.3 is 14.8 Å². The van der Waals surface area contributed by atoms with Crippen LogP contribution in [0.4, 0.5) is 0 Å². The monoisotopic (exact) mass is 312 g/mol. The molecule has 1 aromatic carbocycles. The Morgan fingerprint density at radius 2 is 2.22 bits per heavy atom. The average molecular weight is 312 g/mol. The molecule has 6 heteroatoms. The molecule has 120 valence electrons. The lowest BCUT2D eigenvalue weighted by molar-refractivity contribution is 0.281. The van der Waals surface area contributed by atoms with Crippen LogP contribution in [0.5, 0.6) is 0 Å². The summed E-state index contributed by atoms with van der Waals surface area (Å²) in [5.74, 6) is 2.06. The first-order valence-corrected chi connectivity index (χ1v) is 7.64. The molecule has 0 saturated carbocycles. The van der Waals surface area contributed by atoms with Gasteiger partial charge in [-0.3, -0.25) is 5.10 Å². The number of benzene rings is 1. The van der Waals surface area contributed by atoms with E-state index < -0.39 is 0 Å². The molecule has 2 aromatic heterocycles. The van der Waals surface area contributed by atoms with E-state index in [1.165, 1.54) is 0 Å². The third kappa shape index (κ3) is 3.85. The Bertz CT molecular complexity index is 737. The van der Waals surface area contributed by atoms with E-state index in [9.17, 15) is 5.11 Å². The summed E-state index contributed by atoms with van der Waals surface area (Å²) in [6.07, 6.45) is 2.35. The Hall–Kier alpha value is -2.44. The Kier molecular flexibility index (Phi) is 4.85. The minimum atomic E-state index is 0.0637. The first kappa shape index (κ1) is 15.5. The second kappa shape index (κ2) is 7.21. The molecule has 0 bridgehead atoms. The first-order chi connectivity index (χ1) is 11.3. The van der Waals surface area contributed by atoms with Crippen molar-refractivity contribution in [3.8, 4) is 11.6 Å². The van der Waals surface area contributed by atoms with E-state index in [1.807, 2.05) is 30.3 Å². The van der Waals surface area contributed by atoms with E-state index in [0.29, 0.717) is 11.6 Å². The zero-order valence-corrected chi connectivity index (χ0v) is 13.0. The minimum absolute atomic E-state index is 0.0637. The lowest BCUT2D eigenvalue weighted by Crippen LogP contribution is -2.21. The van der Waals surface area contributed by atoms with Crippen LogP contribution in [-0.2, 0) is 13.0 Å². The number of aliphatic hydroxyl groups is 1. The van der Waals surface area contributed by atoms with Crippen LogP contribution in [0.25, 0.3) is 11.6 Å². The third-order valence-electron chi connectivity index (χ3n) is 3.72. The summed E-state index contributed by atoms with van der Waals surface area (Å²) in [6.45, 7) is 2.94. The third-order valence-corrected chi connectivity index (χ3v) is 3.72. The minimum Gasteiger partial charge on any atom is -0.461 e. The van der Waals surface area contributed by atoms with Gasteiger partial charge in [-0.15, -0.1) is 0 Å². The Labute approximate surface area is 134 Å². The molecule has 3 rings (SSSR count). The number of H-pyrrole nitrogens is 1. The Balaban J connectivity index is 1.53. The lowest BCUT2D eigenvalue weighted by atomic mass is 10.1. The molecule has 0 aliphatic carbocycles. The highest BCUT2D eigenvalue weighted by Crippen LogP contribution is 2.15. The highest BCUT2D eigenvalue weighted by atomic mass is 16.3. The molecule has 0 aliphatic heterocycles. The van der Waals surface area contributed by atoms with E-state index in [2.05, 4.69) is 33.5 Å². The number of hydrogen-bond donors (Lipinski definition) is 3. The number of aromatic amines is 1. The highest BCUT2D eigenvalue weighted by molar-refractivity contribution is 5.45. The molecule has 0 radical (unpaired) electrons. The van der Waals surface area contributed by atoms with E-state index in [4.69, 9.17) is 4.42 Å². The SMILES string of the molecule is CC(NCCc1nc(-c2ccco2)n[nH]1)c1cccc(CO)c1. The Morgan fingerprint density at radius 1 is 1.30 bits per heavy atom. The van der Waals surface area contributed by atoms with Crippen LogP contribution in [0.2, 0.25) is 0 Å². The maximum absolute atomic E-state index is 9.20. The standard InChI is InChI=1S/C17H20N4O2/c1-12(14-5-2-4-13(10-14)11-22)18-8-7-16-19-17(21-20-16)15-6-3-9-23-15/h2-6,9-10,12,18,22H,7-8,11H2,1H3,(H,19,20,21). The Morgan fingerprint density at radius 3 is 3.00 bits per heavy atom. The summed E-state index contributed by atoms with van der Waals surface area (Å²) in [7, 11) is 0. The van der Waals surface area contributed by atoms with Gasteiger partial charge in [0, 0.05) is 19.0 Å². The van der Waals surface area contributed by atoms with Gasteiger partial charge in [0.2, 0.25) is 5.82 Å². The molecule has 6 nitrogen and oxygen atoms in total. The number of aliphatic hydroxyl groups excluding tert-OH is 1. The fourth-order valence-corrected chi connectivity index (χ4v) is 2.41. The molecule has 3 N–H and O–H groups in total. The summed E-state index contributed by atoms with van der Waals surface area (Å²) in [4.78, 5) is 4.42. The van der Waals surface area contributed by atoms with Gasteiger partial charge in [0.15, 0.2) is 5.76 Å². The summed E-state index contributed by atoms with van der Waals surface area (Å²) < 4.78 is 5.27. The number of rotatable bonds is 7. The summed E-state index contributed by atoms with van der Waals surface area (Å²) in [5.41, 5.74) is 2.08. The highest BCUT2D eigenvalue weighted by Gasteiger charge is 2.09. The van der Waals surface area contributed by atoms with Crippen molar-refractivity contribution >= 4 is 0 Å². The van der Waals surface area contributed by atoms with E-state index in [-0.39, 0.29) is 12.6 Å². The summed E-state index contributed by atoms with van der Waals surface area (Å²) in [5, 5.41) is 19.7. The van der Waals surface area contributed by atoms with Gasteiger partial charge in [-0.05, 0) is 30.2 Å². The molecule has 3 aromatic rings. The van der Waals surface area contributed by atoms with Gasteiger partial charge in [0.25, 0.3) is 0 Å². The van der Waals surface area contributed by atoms with Gasteiger partial charge in [-0.2, -0.15) is 5.10 Å². The lowest BCUT2D eigenvalue weighted by Gasteiger charge is -2.14. The predicted octanol–water partition coefficient (Wildman–Crippen LogP) is 2.45. The van der Waals surface area contributed by atoms with Gasteiger partial charge >= 0.3 is 0 Å². The molecular formula is C17H20N4O2. The van der Waals surface area contributed by atoms with Crippen molar-refractivity contribution in [2.45, 2.75) is 26.0 Å². The van der Waals surface area contributed by atoms with E-state index in [0.717, 1.165) is 29.9 Å². The number of nitrogens with one attached hydrogen (secondary N) is 2. The molecule has 23 heavy (non-hydrogen) atoms. The second-order valence-electron chi connectivity index (χ2n) is 5.41. The zero-order valence-electron chi connectivity index (χ0n) is 13.0. The van der Waals surface area contributed by atoms with Gasteiger partial charge in [0.05, 0.1) is 12.9 Å². The van der Waals surface area contributed by atoms with Crippen molar-refractivity contribution in [1.29, 1.82) is 0 Å². The molecule has 0 saturated heterocycles. The molecule has 0 aliphatic rings. The molecule has 0 fully saturated rings. The van der Waals surface area contributed by atoms with Crippen LogP contribution >= 0.6 is 0 Å². The van der Waals surface area contributed by atoms with Crippen LogP contribution in [0.15, 0.2) is 47.1 Å². The average Bonchev–Trinajstić information content (AvgIpc) is 3.26. The maximum Gasteiger partial charge on any atom is 0.216 e. The molecule has 1 atom stereocenters. The van der Waals surface area contributed by atoms with Crippen molar-refractivity contribution < 1.29 is 9.52 Å². The molecule has 1 unspecified atom stereocenters. The largest absolute Gasteiger partial charge is 0.461 e. The van der Waals surface area contributed by atoms with Gasteiger partial charge in [0.1, 0.15) is 5.82 Å². The van der Waals surface area contributed by atoms with Gasteiger partial charge in [-0.1, -0.05) is 24.3 Å². The quantitative estimate of drug-likeness (QED) is 0.624. The van der Waals surface area contributed by atoms with Crippen LogP contribution in [0, 0.1) is 0 Å². The van der Waals surface area contributed by atoms with E-state index in [1.54, 1.807) is 6.26 Å². The molecule has 0 spiro atoms. The number of aromatic nitrogens is 3. The predicted molar refractivity (Wildman–Crippen MR) is 86.6 cm³/mol. The van der Waals surface area contributed by atoms with Gasteiger partial charge in [-0.25, -0.2) is 4.98 Å². The van der Waals surface area contributed by atoms with Crippen molar-refractivity contribution in [3.63, 3.8) is 0 Å². The molecular weight excluding hydrogens is 292 g/mol. The number of furan rings is 1. The number of hydrogen-bond acceptors (Lipinski definition) is 5. The van der Waals surface area contributed by atoms with Crippen LogP contribution in [-0.4, -0.2) is 26.8 Å². The molecule has 0 amide bonds. The fraction of sp³-hybridized carbons (Fsp3) is 0.294. The van der Waals surface area contributed by atoms with Crippen molar-refractivity contribution in [3.05, 3.63) is 59.6 Å². The van der Waals surface area contributed by atoms with Crippen molar-refractivity contribution in [1.82, 2.24) is 20.5 Å². The topological polar surface area (TPSA) is 87.0 Å². The van der Waals surface area contributed by atoms with Crippen LogP contribution < -0.4 is 5.32 Å². The summed E-state index contributed by atoms with van der Waals surface area (Å²) in [6, 6.07) is 11.8. The summed E-state index contributed by atoms with van der Waals surface area (Å²) >= 11 is 0. The van der Waals surface area contributed by atoms with Crippen LogP contribution in [0.1, 0.15) is 29.9 Å². The van der Waals surface area contributed by atoms with E-state index >= 15 is 0 Å². The maximum atomic E-state index is 9.20. The zero-order chi connectivity index (χ0) is 16.1. The van der Waals surface area contributed by atoms with Crippen LogP contribution in [0.3, 0.4) is 0 Å². The van der Waals surface area contributed by atoms with Crippen molar-refractivity contribution in [2.24, 2.45) is 0 Å². The smallest absolute Gasteiger partial charge is 0.216 e. The van der Waals surface area contributed by atoms with Crippen molar-refractivity contribution in [2.75, 3.05) is 6.54 Å². The fourth-order valence-electron chi connectivity index (χ4n) is 2.41. The first-order valence-electron chi connectivity index (χ1n) is 7.64. The normalized spacial score (nSPS) is 12.4. The molecule has 2 heterocycles.